The third-order valence-electron chi connectivity index (χ3n) is 3.29. The number of rotatable bonds is 4. The van der Waals surface area contributed by atoms with Crippen LogP contribution in [0.3, 0.4) is 0 Å². The molecule has 0 aliphatic carbocycles. The fourth-order valence-electron chi connectivity index (χ4n) is 2.13. The van der Waals surface area contributed by atoms with Gasteiger partial charge in [0.05, 0.1) is 23.4 Å². The van der Waals surface area contributed by atoms with Crippen molar-refractivity contribution >= 4 is 27.3 Å². The first-order valence-electron chi connectivity index (χ1n) is 6.56. The summed E-state index contributed by atoms with van der Waals surface area (Å²) in [6, 6.07) is 0. The number of thiazole rings is 1. The SMILES string of the molecule is CCc1nc(CC(=O)N2CCN(S(C)(=O)=O)CC2)cs1. The molecule has 0 radical (unpaired) electrons. The first-order chi connectivity index (χ1) is 9.40. The average Bonchev–Trinajstić information content (AvgIpc) is 2.85. The molecule has 1 aromatic heterocycles. The number of carbonyl (C=O) groups excluding carboxylic acids is 1. The molecule has 0 saturated carbocycles. The van der Waals surface area contributed by atoms with Crippen LogP contribution in [0.15, 0.2) is 5.38 Å². The molecule has 0 aromatic carbocycles. The maximum absolute atomic E-state index is 12.1. The van der Waals surface area contributed by atoms with E-state index >= 15 is 0 Å². The Kier molecular flexibility index (Phi) is 4.77. The van der Waals surface area contributed by atoms with E-state index in [2.05, 4.69) is 4.98 Å². The minimum absolute atomic E-state index is 0.0195. The van der Waals surface area contributed by atoms with Crippen molar-refractivity contribution in [3.05, 3.63) is 16.1 Å². The second-order valence-electron chi connectivity index (χ2n) is 4.81. The lowest BCUT2D eigenvalue weighted by Crippen LogP contribution is -2.50. The van der Waals surface area contributed by atoms with Gasteiger partial charge < -0.3 is 4.90 Å². The van der Waals surface area contributed by atoms with Crippen molar-refractivity contribution in [1.82, 2.24) is 14.2 Å². The van der Waals surface area contributed by atoms with Crippen molar-refractivity contribution in [2.75, 3.05) is 32.4 Å². The minimum Gasteiger partial charge on any atom is -0.340 e. The summed E-state index contributed by atoms with van der Waals surface area (Å²) < 4.78 is 24.2. The van der Waals surface area contributed by atoms with Crippen LogP contribution in [0.5, 0.6) is 0 Å². The maximum atomic E-state index is 12.1. The van der Waals surface area contributed by atoms with Crippen LogP contribution in [0, 0.1) is 0 Å². The lowest BCUT2D eigenvalue weighted by atomic mass is 10.2. The molecule has 0 atom stereocenters. The molecule has 112 valence electrons. The van der Waals surface area contributed by atoms with Gasteiger partial charge in [0.25, 0.3) is 0 Å². The topological polar surface area (TPSA) is 70.6 Å². The van der Waals surface area contributed by atoms with E-state index in [4.69, 9.17) is 0 Å². The summed E-state index contributed by atoms with van der Waals surface area (Å²) in [4.78, 5) is 18.2. The zero-order valence-corrected chi connectivity index (χ0v) is 13.3. The molecule has 1 aliphatic rings. The fourth-order valence-corrected chi connectivity index (χ4v) is 3.70. The van der Waals surface area contributed by atoms with Crippen LogP contribution >= 0.6 is 11.3 Å². The molecule has 0 bridgehead atoms. The summed E-state index contributed by atoms with van der Waals surface area (Å²) >= 11 is 1.57. The van der Waals surface area contributed by atoms with Gasteiger partial charge in [-0.25, -0.2) is 13.4 Å². The van der Waals surface area contributed by atoms with Gasteiger partial charge in [-0.2, -0.15) is 4.31 Å². The Labute approximate surface area is 123 Å². The van der Waals surface area contributed by atoms with E-state index in [0.717, 1.165) is 17.1 Å². The number of amides is 1. The maximum Gasteiger partial charge on any atom is 0.228 e. The van der Waals surface area contributed by atoms with E-state index in [1.807, 2.05) is 12.3 Å². The zero-order valence-electron chi connectivity index (χ0n) is 11.7. The number of carbonyl (C=O) groups is 1. The molecule has 1 aromatic rings. The molecule has 6 nitrogen and oxygen atoms in total. The average molecular weight is 317 g/mol. The van der Waals surface area contributed by atoms with Crippen molar-refractivity contribution in [3.8, 4) is 0 Å². The van der Waals surface area contributed by atoms with E-state index in [1.165, 1.54) is 10.6 Å². The summed E-state index contributed by atoms with van der Waals surface area (Å²) in [7, 11) is -3.15. The predicted octanol–water partition coefficient (Wildman–Crippen LogP) is 0.352. The Bertz CT molecular complexity index is 575. The predicted molar refractivity (Wildman–Crippen MR) is 78.2 cm³/mol. The monoisotopic (exact) mass is 317 g/mol. The highest BCUT2D eigenvalue weighted by Crippen LogP contribution is 2.13. The first-order valence-corrected chi connectivity index (χ1v) is 9.29. The number of aryl methyl sites for hydroxylation is 1. The van der Waals surface area contributed by atoms with Crippen molar-refractivity contribution in [2.24, 2.45) is 0 Å². The van der Waals surface area contributed by atoms with Gasteiger partial charge >= 0.3 is 0 Å². The van der Waals surface area contributed by atoms with Crippen molar-refractivity contribution in [1.29, 1.82) is 0 Å². The highest BCUT2D eigenvalue weighted by Gasteiger charge is 2.26. The molecule has 1 fully saturated rings. The highest BCUT2D eigenvalue weighted by molar-refractivity contribution is 7.88. The van der Waals surface area contributed by atoms with Gasteiger partial charge in [0, 0.05) is 31.6 Å². The van der Waals surface area contributed by atoms with E-state index in [-0.39, 0.29) is 5.91 Å². The van der Waals surface area contributed by atoms with E-state index in [0.29, 0.717) is 32.6 Å². The molecule has 1 amide bonds. The summed E-state index contributed by atoms with van der Waals surface area (Å²) in [5.74, 6) is 0.0195. The second-order valence-corrected chi connectivity index (χ2v) is 7.73. The molecule has 0 N–H and O–H groups in total. The van der Waals surface area contributed by atoms with Crippen LogP contribution in [0.4, 0.5) is 0 Å². The largest absolute Gasteiger partial charge is 0.340 e. The minimum atomic E-state index is -3.15. The van der Waals surface area contributed by atoms with E-state index < -0.39 is 10.0 Å². The molecule has 0 spiro atoms. The number of hydrogen-bond donors (Lipinski definition) is 0. The van der Waals surface area contributed by atoms with Crippen molar-refractivity contribution in [2.45, 2.75) is 19.8 Å². The lowest BCUT2D eigenvalue weighted by molar-refractivity contribution is -0.131. The summed E-state index contributed by atoms with van der Waals surface area (Å²) in [6.07, 6.45) is 2.38. The molecule has 2 heterocycles. The van der Waals surface area contributed by atoms with Gasteiger partial charge in [-0.15, -0.1) is 11.3 Å². The molecular formula is C12H19N3O3S2. The molecule has 1 saturated heterocycles. The van der Waals surface area contributed by atoms with Crippen LogP contribution in [-0.4, -0.2) is 60.9 Å². The van der Waals surface area contributed by atoms with Gasteiger partial charge in [0.2, 0.25) is 15.9 Å². The molecular weight excluding hydrogens is 298 g/mol. The van der Waals surface area contributed by atoms with Crippen LogP contribution in [0.2, 0.25) is 0 Å². The van der Waals surface area contributed by atoms with E-state index in [1.54, 1.807) is 16.2 Å². The smallest absolute Gasteiger partial charge is 0.228 e. The Morgan fingerprint density at radius 3 is 2.50 bits per heavy atom. The Balaban J connectivity index is 1.89. The molecule has 0 unspecified atom stereocenters. The Hall–Kier alpha value is -0.990. The second kappa shape index (κ2) is 6.19. The zero-order chi connectivity index (χ0) is 14.8. The molecule has 2 rings (SSSR count). The van der Waals surface area contributed by atoms with Gasteiger partial charge in [-0.05, 0) is 6.42 Å². The lowest BCUT2D eigenvalue weighted by Gasteiger charge is -2.33. The molecule has 1 aliphatic heterocycles. The van der Waals surface area contributed by atoms with Crippen LogP contribution in [0.1, 0.15) is 17.6 Å². The van der Waals surface area contributed by atoms with E-state index in [9.17, 15) is 13.2 Å². The van der Waals surface area contributed by atoms with Gasteiger partial charge in [0.15, 0.2) is 0 Å². The number of aromatic nitrogens is 1. The van der Waals surface area contributed by atoms with Crippen molar-refractivity contribution in [3.63, 3.8) is 0 Å². The summed E-state index contributed by atoms with van der Waals surface area (Å²) in [5, 5.41) is 2.96. The van der Waals surface area contributed by atoms with Gasteiger partial charge in [-0.3, -0.25) is 4.79 Å². The van der Waals surface area contributed by atoms with Crippen LogP contribution in [0.25, 0.3) is 0 Å². The standard InChI is InChI=1S/C12H19N3O3S2/c1-3-11-13-10(9-19-11)8-12(16)14-4-6-15(7-5-14)20(2,17)18/h9H,3-8H2,1-2H3. The summed E-state index contributed by atoms with van der Waals surface area (Å²) in [5.41, 5.74) is 0.808. The Morgan fingerprint density at radius 2 is 2.00 bits per heavy atom. The quantitative estimate of drug-likeness (QED) is 0.803. The third-order valence-corrected chi connectivity index (χ3v) is 5.64. The van der Waals surface area contributed by atoms with Crippen molar-refractivity contribution < 1.29 is 13.2 Å². The number of hydrogen-bond acceptors (Lipinski definition) is 5. The van der Waals surface area contributed by atoms with Gasteiger partial charge in [0.1, 0.15) is 0 Å². The fraction of sp³-hybridized carbons (Fsp3) is 0.667. The normalized spacial score (nSPS) is 17.4. The van der Waals surface area contributed by atoms with Crippen LogP contribution < -0.4 is 0 Å². The molecule has 20 heavy (non-hydrogen) atoms. The number of sulfonamides is 1. The number of piperazine rings is 1. The molecule has 8 heteroatoms. The summed E-state index contributed by atoms with van der Waals surface area (Å²) in [6.45, 7) is 3.70. The highest BCUT2D eigenvalue weighted by atomic mass is 32.2. The first kappa shape index (κ1) is 15.4. The van der Waals surface area contributed by atoms with Gasteiger partial charge in [-0.1, -0.05) is 6.92 Å². The third kappa shape index (κ3) is 3.77. The van der Waals surface area contributed by atoms with Crippen LogP contribution in [-0.2, 0) is 27.7 Å². The number of nitrogens with zero attached hydrogens (tertiary/aromatic N) is 3. The Morgan fingerprint density at radius 1 is 1.35 bits per heavy atom.